The number of fused-ring (bicyclic) bond motifs is 3. The van der Waals surface area contributed by atoms with E-state index < -0.39 is 64.4 Å². The Morgan fingerprint density at radius 3 is 2.36 bits per heavy atom. The van der Waals surface area contributed by atoms with Gasteiger partial charge in [0, 0.05) is 11.5 Å². The van der Waals surface area contributed by atoms with Gasteiger partial charge in [0.2, 0.25) is 5.91 Å². The minimum absolute atomic E-state index is 0.0352. The first-order valence-corrected chi connectivity index (χ1v) is 12.6. The minimum atomic E-state index is -2.76. The third-order valence-corrected chi connectivity index (χ3v) is 8.52. The van der Waals surface area contributed by atoms with Gasteiger partial charge in [-0.2, -0.15) is 0 Å². The maximum atomic E-state index is 13.9. The molecule has 39 heavy (non-hydrogen) atoms. The van der Waals surface area contributed by atoms with E-state index in [2.05, 4.69) is 0 Å². The van der Waals surface area contributed by atoms with E-state index in [0.29, 0.717) is 22.3 Å². The van der Waals surface area contributed by atoms with Crippen LogP contribution in [0, 0.1) is 23.7 Å². The van der Waals surface area contributed by atoms with Crippen LogP contribution in [0.3, 0.4) is 0 Å². The highest BCUT2D eigenvalue weighted by Crippen LogP contribution is 2.51. The number of nitrogens with two attached hydrogens (primary N) is 1. The fourth-order valence-corrected chi connectivity index (χ4v) is 6.78. The van der Waals surface area contributed by atoms with E-state index in [1.807, 2.05) is 0 Å². The first-order chi connectivity index (χ1) is 18.3. The number of ketones is 5. The van der Waals surface area contributed by atoms with Crippen molar-refractivity contribution in [3.63, 3.8) is 0 Å². The maximum absolute atomic E-state index is 13.9. The minimum Gasteiger partial charge on any atom is -0.507 e. The Balaban J connectivity index is 1.66. The molecule has 2 aromatic rings. The fourth-order valence-electron chi connectivity index (χ4n) is 6.78. The van der Waals surface area contributed by atoms with Crippen LogP contribution in [-0.2, 0) is 25.6 Å². The van der Waals surface area contributed by atoms with E-state index in [-0.39, 0.29) is 29.9 Å². The Hall–Kier alpha value is -4.02. The third-order valence-electron chi connectivity index (χ3n) is 8.52. The van der Waals surface area contributed by atoms with Crippen molar-refractivity contribution in [3.05, 3.63) is 53.1 Å². The Kier molecular flexibility index (Phi) is 6.15. The molecule has 2 saturated carbocycles. The van der Waals surface area contributed by atoms with Gasteiger partial charge in [-0.3, -0.25) is 33.7 Å². The van der Waals surface area contributed by atoms with Crippen molar-refractivity contribution in [2.45, 2.75) is 31.4 Å². The second-order valence-corrected chi connectivity index (χ2v) is 10.9. The monoisotopic (exact) mass is 532 g/mol. The Bertz CT molecular complexity index is 1490. The first-order valence-electron chi connectivity index (χ1n) is 12.6. The van der Waals surface area contributed by atoms with Gasteiger partial charge in [-0.1, -0.05) is 24.3 Å². The summed E-state index contributed by atoms with van der Waals surface area (Å²) in [7, 11) is 3.07. The molecule has 4 N–H and O–H groups in total. The summed E-state index contributed by atoms with van der Waals surface area (Å²) < 4.78 is 0. The number of primary amides is 1. The summed E-state index contributed by atoms with van der Waals surface area (Å²) in [6, 6.07) is 8.62. The average molecular weight is 533 g/mol. The van der Waals surface area contributed by atoms with Gasteiger partial charge >= 0.3 is 0 Å². The molecular formula is C29H28N2O8. The predicted octanol–water partition coefficient (Wildman–Crippen LogP) is 0.737. The molecule has 3 aliphatic rings. The van der Waals surface area contributed by atoms with Crippen LogP contribution < -0.4 is 5.73 Å². The summed E-state index contributed by atoms with van der Waals surface area (Å²) in [5, 5.41) is 22.3. The molecule has 6 unspecified atom stereocenters. The molecule has 10 heteroatoms. The SMILES string of the molecule is CC(=O)c1cccc(-c2ccc(O)c3c2CC2CC4C(N(C)C)C(=O)C(C(N)=O)C(=O)C4(O)C(=O)C2C3=O)c1. The topological polar surface area (TPSA) is 172 Å². The van der Waals surface area contributed by atoms with Crippen LogP contribution in [0.25, 0.3) is 11.1 Å². The highest BCUT2D eigenvalue weighted by atomic mass is 16.3. The van der Waals surface area contributed by atoms with Gasteiger partial charge < -0.3 is 15.9 Å². The molecule has 3 aliphatic carbocycles. The van der Waals surface area contributed by atoms with Gasteiger partial charge in [0.05, 0.1) is 17.5 Å². The van der Waals surface area contributed by atoms with Crippen molar-refractivity contribution < 1.29 is 39.0 Å². The highest BCUT2D eigenvalue weighted by molar-refractivity contribution is 6.32. The zero-order valence-corrected chi connectivity index (χ0v) is 21.6. The van der Waals surface area contributed by atoms with E-state index in [0.717, 1.165) is 0 Å². The Morgan fingerprint density at radius 1 is 1.05 bits per heavy atom. The number of carbonyl (C=O) groups excluding carboxylic acids is 6. The van der Waals surface area contributed by atoms with Crippen molar-refractivity contribution in [3.8, 4) is 16.9 Å². The molecule has 0 heterocycles. The van der Waals surface area contributed by atoms with Gasteiger partial charge in [-0.15, -0.1) is 0 Å². The van der Waals surface area contributed by atoms with Crippen LogP contribution in [-0.4, -0.2) is 75.7 Å². The lowest BCUT2D eigenvalue weighted by atomic mass is 9.52. The molecule has 10 nitrogen and oxygen atoms in total. The van der Waals surface area contributed by atoms with Crippen molar-refractivity contribution in [2.75, 3.05) is 14.1 Å². The Labute approximate surface area is 223 Å². The quantitative estimate of drug-likeness (QED) is 0.379. The van der Waals surface area contributed by atoms with Gasteiger partial charge in [0.25, 0.3) is 0 Å². The van der Waals surface area contributed by atoms with E-state index in [1.54, 1.807) is 30.3 Å². The smallest absolute Gasteiger partial charge is 0.235 e. The summed E-state index contributed by atoms with van der Waals surface area (Å²) in [6.45, 7) is 1.44. The third kappa shape index (κ3) is 3.70. The number of aliphatic hydroxyl groups is 1. The fraction of sp³-hybridized carbons (Fsp3) is 0.379. The highest BCUT2D eigenvalue weighted by Gasteiger charge is 2.69. The summed E-state index contributed by atoms with van der Waals surface area (Å²) in [5.41, 5.74) is 4.66. The second-order valence-electron chi connectivity index (χ2n) is 10.9. The van der Waals surface area contributed by atoms with Gasteiger partial charge in [-0.05, 0) is 68.6 Å². The van der Waals surface area contributed by atoms with Gasteiger partial charge in [0.1, 0.15) is 5.75 Å². The zero-order chi connectivity index (χ0) is 28.5. The van der Waals surface area contributed by atoms with Crippen molar-refractivity contribution in [2.24, 2.45) is 29.4 Å². The summed E-state index contributed by atoms with van der Waals surface area (Å²) in [4.78, 5) is 79.7. The van der Waals surface area contributed by atoms with Crippen molar-refractivity contribution >= 4 is 34.8 Å². The van der Waals surface area contributed by atoms with Crippen LogP contribution in [0.5, 0.6) is 5.75 Å². The van der Waals surface area contributed by atoms with E-state index in [9.17, 15) is 39.0 Å². The average Bonchev–Trinajstić information content (AvgIpc) is 2.86. The number of carbonyl (C=O) groups is 6. The molecule has 0 radical (unpaired) electrons. The standard InChI is InChI=1S/C29H28N2O8/c1-12(32)13-5-4-6-14(9-13)16-7-8-19(33)21-17(16)10-15-11-18-23(31(2)3)25(35)22(28(30)38)27(37)29(18,39)26(36)20(15)24(21)34/h4-9,15,18,20,22-23,33,39H,10-11H2,1-3H3,(H2,30,38). The molecule has 0 aliphatic heterocycles. The number of likely N-dealkylation sites (N-methyl/N-ethyl adjacent to an activating group) is 1. The van der Waals surface area contributed by atoms with E-state index in [4.69, 9.17) is 5.73 Å². The number of amides is 1. The molecule has 2 aromatic carbocycles. The summed E-state index contributed by atoms with van der Waals surface area (Å²) in [6.07, 6.45) is 0.104. The molecule has 202 valence electrons. The maximum Gasteiger partial charge on any atom is 0.235 e. The largest absolute Gasteiger partial charge is 0.507 e. The number of benzene rings is 2. The molecule has 0 saturated heterocycles. The lowest BCUT2D eigenvalue weighted by molar-refractivity contribution is -0.181. The second kappa shape index (κ2) is 9.03. The Morgan fingerprint density at radius 2 is 1.74 bits per heavy atom. The number of aromatic hydroxyl groups is 1. The molecule has 5 rings (SSSR count). The zero-order valence-electron chi connectivity index (χ0n) is 21.6. The molecule has 6 atom stereocenters. The molecule has 0 aromatic heterocycles. The molecule has 2 fully saturated rings. The van der Waals surface area contributed by atoms with Crippen LogP contribution >= 0.6 is 0 Å². The van der Waals surface area contributed by atoms with Crippen molar-refractivity contribution in [1.82, 2.24) is 4.90 Å². The molecule has 0 bridgehead atoms. The normalized spacial score (nSPS) is 30.0. The van der Waals surface area contributed by atoms with E-state index in [1.165, 1.54) is 32.0 Å². The molecular weight excluding hydrogens is 504 g/mol. The molecule has 0 spiro atoms. The number of nitrogens with zero attached hydrogens (tertiary/aromatic N) is 1. The van der Waals surface area contributed by atoms with Crippen LogP contribution in [0.4, 0.5) is 0 Å². The van der Waals surface area contributed by atoms with Gasteiger partial charge in [0.15, 0.2) is 40.4 Å². The number of hydrogen-bond acceptors (Lipinski definition) is 9. The van der Waals surface area contributed by atoms with E-state index >= 15 is 0 Å². The molecule has 1 amide bonds. The first kappa shape index (κ1) is 26.6. The number of phenolic OH excluding ortho intramolecular Hbond substituents is 1. The lowest BCUT2D eigenvalue weighted by Crippen LogP contribution is -2.74. The van der Waals surface area contributed by atoms with Gasteiger partial charge in [-0.25, -0.2) is 0 Å². The summed E-state index contributed by atoms with van der Waals surface area (Å²) >= 11 is 0. The summed E-state index contributed by atoms with van der Waals surface area (Å²) in [5.74, 6) is -11.1. The van der Waals surface area contributed by atoms with Crippen LogP contribution in [0.15, 0.2) is 36.4 Å². The number of Topliss-reactive ketones (excluding diaryl/α,β-unsaturated/α-hetero) is 5. The number of rotatable bonds is 4. The lowest BCUT2D eigenvalue weighted by Gasteiger charge is -2.52. The predicted molar refractivity (Wildman–Crippen MR) is 137 cm³/mol. The van der Waals surface area contributed by atoms with Crippen LogP contribution in [0.2, 0.25) is 0 Å². The van der Waals surface area contributed by atoms with Crippen LogP contribution in [0.1, 0.15) is 39.6 Å². The van der Waals surface area contributed by atoms with Crippen molar-refractivity contribution in [1.29, 1.82) is 0 Å². The number of hydrogen-bond donors (Lipinski definition) is 3. The number of phenols is 1.